The number of hydrogen-bond donors (Lipinski definition) is 3. The summed E-state index contributed by atoms with van der Waals surface area (Å²) in [4.78, 5) is 39.5. The summed E-state index contributed by atoms with van der Waals surface area (Å²) < 4.78 is 13.4. The number of nitrogens with one attached hydrogen (secondary N) is 3. The van der Waals surface area contributed by atoms with E-state index >= 15 is 0 Å². The Morgan fingerprint density at radius 3 is 2.20 bits per heavy atom. The first-order valence-electron chi connectivity index (χ1n) is 12.3. The second-order valence-electron chi connectivity index (χ2n) is 8.65. The maximum atomic E-state index is 13.4. The molecule has 0 radical (unpaired) electrons. The second kappa shape index (κ2) is 13.6. The van der Waals surface area contributed by atoms with Crippen LogP contribution < -0.4 is 16.0 Å². The van der Waals surface area contributed by atoms with E-state index in [4.69, 9.17) is 11.6 Å². The maximum absolute atomic E-state index is 13.4. The molecule has 4 rings (SSSR count). The van der Waals surface area contributed by atoms with E-state index in [-0.39, 0.29) is 16.6 Å². The highest BCUT2D eigenvalue weighted by Gasteiger charge is 2.18. The van der Waals surface area contributed by atoms with Crippen molar-refractivity contribution in [2.45, 2.75) is 17.1 Å². The van der Waals surface area contributed by atoms with Crippen molar-refractivity contribution in [3.63, 3.8) is 0 Å². The molecule has 3 N–H and O–H groups in total. The molecule has 0 fully saturated rings. The Hall–Kier alpha value is -4.40. The van der Waals surface area contributed by atoms with Gasteiger partial charge in [-0.25, -0.2) is 4.39 Å². The molecule has 3 amide bonds. The minimum atomic E-state index is -0.567. The van der Waals surface area contributed by atoms with Crippen LogP contribution in [-0.2, 0) is 9.59 Å². The zero-order valence-electron chi connectivity index (χ0n) is 21.4. The molecule has 0 bridgehead atoms. The van der Waals surface area contributed by atoms with E-state index in [1.165, 1.54) is 30.0 Å². The maximum Gasteiger partial charge on any atom is 0.272 e. The number of hydrogen-bond acceptors (Lipinski definition) is 4. The number of halogens is 2. The van der Waals surface area contributed by atoms with E-state index in [2.05, 4.69) is 16.0 Å². The zero-order chi connectivity index (χ0) is 28.5. The summed E-state index contributed by atoms with van der Waals surface area (Å²) in [6.07, 6.45) is 1.60. The van der Waals surface area contributed by atoms with Gasteiger partial charge in [-0.2, -0.15) is 0 Å². The topological polar surface area (TPSA) is 87.3 Å². The average molecular weight is 574 g/mol. The Morgan fingerprint density at radius 1 is 0.825 bits per heavy atom. The van der Waals surface area contributed by atoms with Gasteiger partial charge in [-0.05, 0) is 67.1 Å². The SMILES string of the molecule is CC(Sc1cccc(NC(=O)/C(=C/c2ccccc2)NC(=O)c2ccccc2)c1)C(=O)Nc1ccc(F)c(Cl)c1. The van der Waals surface area contributed by atoms with Gasteiger partial charge in [-0.1, -0.05) is 66.2 Å². The van der Waals surface area contributed by atoms with Crippen LogP contribution in [0.2, 0.25) is 5.02 Å². The molecule has 0 saturated carbocycles. The van der Waals surface area contributed by atoms with Crippen LogP contribution in [0, 0.1) is 5.82 Å². The van der Waals surface area contributed by atoms with Crippen LogP contribution in [0.15, 0.2) is 114 Å². The molecular weight excluding hydrogens is 549 g/mol. The van der Waals surface area contributed by atoms with Crippen LogP contribution in [0.4, 0.5) is 15.8 Å². The van der Waals surface area contributed by atoms with Crippen molar-refractivity contribution in [2.24, 2.45) is 0 Å². The van der Waals surface area contributed by atoms with Gasteiger partial charge in [0.1, 0.15) is 11.5 Å². The number of carbonyl (C=O) groups is 3. The van der Waals surface area contributed by atoms with Crippen molar-refractivity contribution >= 4 is 58.5 Å². The standard InChI is InChI=1S/C31H25ClFN3O3S/c1-20(29(37)34-24-15-16-27(33)26(32)19-24)40-25-14-8-13-23(18-25)35-31(39)28(17-21-9-4-2-5-10-21)36-30(38)22-11-6-3-7-12-22/h2-20H,1H3,(H,34,37)(H,35,39)(H,36,38)/b28-17-. The summed E-state index contributed by atoms with van der Waals surface area (Å²) >= 11 is 7.08. The number of amides is 3. The first-order valence-corrected chi connectivity index (χ1v) is 13.5. The smallest absolute Gasteiger partial charge is 0.272 e. The first kappa shape index (κ1) is 28.6. The van der Waals surface area contributed by atoms with Crippen LogP contribution >= 0.6 is 23.4 Å². The lowest BCUT2D eigenvalue weighted by Gasteiger charge is -2.14. The Balaban J connectivity index is 1.45. The third-order valence-corrected chi connectivity index (χ3v) is 6.98. The molecule has 1 atom stereocenters. The van der Waals surface area contributed by atoms with E-state index in [0.29, 0.717) is 16.9 Å². The lowest BCUT2D eigenvalue weighted by Crippen LogP contribution is -2.30. The van der Waals surface area contributed by atoms with Crippen molar-refractivity contribution in [1.29, 1.82) is 0 Å². The molecule has 0 aliphatic rings. The van der Waals surface area contributed by atoms with Gasteiger partial charge in [0.2, 0.25) is 5.91 Å². The van der Waals surface area contributed by atoms with Crippen molar-refractivity contribution < 1.29 is 18.8 Å². The fourth-order valence-electron chi connectivity index (χ4n) is 3.58. The Labute approximate surface area is 240 Å². The molecule has 4 aromatic rings. The van der Waals surface area contributed by atoms with E-state index in [1.54, 1.807) is 61.5 Å². The van der Waals surface area contributed by atoms with E-state index < -0.39 is 22.9 Å². The molecule has 40 heavy (non-hydrogen) atoms. The van der Waals surface area contributed by atoms with Crippen LogP contribution in [-0.4, -0.2) is 23.0 Å². The minimum absolute atomic E-state index is 0.0730. The van der Waals surface area contributed by atoms with Crippen LogP contribution in [0.25, 0.3) is 6.08 Å². The molecule has 0 spiro atoms. The van der Waals surface area contributed by atoms with E-state index in [9.17, 15) is 18.8 Å². The summed E-state index contributed by atoms with van der Waals surface area (Å²) in [7, 11) is 0. The normalized spacial score (nSPS) is 11.8. The molecule has 0 aliphatic heterocycles. The Kier molecular flexibility index (Phi) is 9.72. The predicted octanol–water partition coefficient (Wildman–Crippen LogP) is 7.01. The van der Waals surface area contributed by atoms with Crippen molar-refractivity contribution in [2.75, 3.05) is 10.6 Å². The molecular formula is C31H25ClFN3O3S. The largest absolute Gasteiger partial charge is 0.325 e. The van der Waals surface area contributed by atoms with Crippen molar-refractivity contribution in [3.05, 3.63) is 131 Å². The van der Waals surface area contributed by atoms with E-state index in [0.717, 1.165) is 10.5 Å². The van der Waals surface area contributed by atoms with Crippen LogP contribution in [0.1, 0.15) is 22.8 Å². The highest BCUT2D eigenvalue weighted by Crippen LogP contribution is 2.27. The van der Waals surface area contributed by atoms with E-state index in [1.807, 2.05) is 36.4 Å². The van der Waals surface area contributed by atoms with Gasteiger partial charge in [0, 0.05) is 21.8 Å². The minimum Gasteiger partial charge on any atom is -0.325 e. The summed E-state index contributed by atoms with van der Waals surface area (Å²) in [5.41, 5.74) is 2.11. The molecule has 0 aromatic heterocycles. The average Bonchev–Trinajstić information content (AvgIpc) is 2.95. The number of rotatable bonds is 9. The van der Waals surface area contributed by atoms with Crippen molar-refractivity contribution in [1.82, 2.24) is 5.32 Å². The molecule has 0 heterocycles. The highest BCUT2D eigenvalue weighted by atomic mass is 35.5. The molecule has 202 valence electrons. The highest BCUT2D eigenvalue weighted by molar-refractivity contribution is 8.00. The van der Waals surface area contributed by atoms with Gasteiger partial charge in [0.25, 0.3) is 11.8 Å². The van der Waals surface area contributed by atoms with Gasteiger partial charge < -0.3 is 16.0 Å². The van der Waals surface area contributed by atoms with Gasteiger partial charge >= 0.3 is 0 Å². The molecule has 6 nitrogen and oxygen atoms in total. The van der Waals surface area contributed by atoms with Crippen LogP contribution in [0.5, 0.6) is 0 Å². The quantitative estimate of drug-likeness (QED) is 0.148. The Bertz CT molecular complexity index is 1550. The summed E-state index contributed by atoms with van der Waals surface area (Å²) in [6.45, 7) is 1.73. The molecule has 4 aromatic carbocycles. The predicted molar refractivity (Wildman–Crippen MR) is 159 cm³/mol. The van der Waals surface area contributed by atoms with Crippen LogP contribution in [0.3, 0.4) is 0 Å². The van der Waals surface area contributed by atoms with Gasteiger partial charge in [-0.15, -0.1) is 11.8 Å². The number of benzene rings is 4. The summed E-state index contributed by atoms with van der Waals surface area (Å²) in [6, 6.07) is 28.8. The molecule has 0 aliphatic carbocycles. The molecule has 0 saturated heterocycles. The van der Waals surface area contributed by atoms with Gasteiger partial charge in [0.15, 0.2) is 0 Å². The van der Waals surface area contributed by atoms with Gasteiger partial charge in [-0.3, -0.25) is 14.4 Å². The van der Waals surface area contributed by atoms with Gasteiger partial charge in [0.05, 0.1) is 10.3 Å². The third-order valence-electron chi connectivity index (χ3n) is 5.60. The lowest BCUT2D eigenvalue weighted by atomic mass is 10.1. The molecule has 1 unspecified atom stereocenters. The number of anilines is 2. The second-order valence-corrected chi connectivity index (χ2v) is 10.5. The fourth-order valence-corrected chi connectivity index (χ4v) is 4.69. The van der Waals surface area contributed by atoms with Crippen molar-refractivity contribution in [3.8, 4) is 0 Å². The number of thioether (sulfide) groups is 1. The third kappa shape index (κ3) is 8.05. The number of carbonyl (C=O) groups excluding carboxylic acids is 3. The Morgan fingerprint density at radius 2 is 1.50 bits per heavy atom. The summed E-state index contributed by atoms with van der Waals surface area (Å²) in [5.74, 6) is -1.78. The lowest BCUT2D eigenvalue weighted by molar-refractivity contribution is -0.115. The molecule has 9 heteroatoms. The monoisotopic (exact) mass is 573 g/mol. The summed E-state index contributed by atoms with van der Waals surface area (Å²) in [5, 5.41) is 7.67. The fraction of sp³-hybridized carbons (Fsp3) is 0.0645. The first-order chi connectivity index (χ1) is 19.3. The zero-order valence-corrected chi connectivity index (χ0v) is 22.9.